The van der Waals surface area contributed by atoms with Gasteiger partial charge in [-0.15, -0.1) is 0 Å². The molecule has 0 saturated carbocycles. The zero-order valence-electron chi connectivity index (χ0n) is 11.7. The van der Waals surface area contributed by atoms with Crippen LogP contribution in [0, 0.1) is 0 Å². The van der Waals surface area contributed by atoms with E-state index in [4.69, 9.17) is 37.8 Å². The number of carboxylic acid groups (broad SMARTS) is 1. The number of carbonyl (C=O) groups is 2. The molecular formula is C13H15Cl2NO5. The predicted molar refractivity (Wildman–Crippen MR) is 79.4 cm³/mol. The van der Waals surface area contributed by atoms with E-state index < -0.39 is 24.3 Å². The molecule has 0 heterocycles. The molecule has 0 aliphatic heterocycles. The molecule has 21 heavy (non-hydrogen) atoms. The van der Waals surface area contributed by atoms with Crippen LogP contribution in [0.5, 0.6) is 5.75 Å². The quantitative estimate of drug-likeness (QED) is 0.873. The monoisotopic (exact) mass is 335 g/mol. The highest BCUT2D eigenvalue weighted by Crippen LogP contribution is 2.36. The van der Waals surface area contributed by atoms with Crippen LogP contribution < -0.4 is 10.1 Å². The predicted octanol–water partition coefficient (Wildman–Crippen LogP) is 3.80. The molecule has 1 amide bonds. The van der Waals surface area contributed by atoms with Gasteiger partial charge in [0, 0.05) is 5.69 Å². The van der Waals surface area contributed by atoms with Crippen molar-refractivity contribution in [2.24, 2.45) is 0 Å². The van der Waals surface area contributed by atoms with Crippen molar-refractivity contribution in [2.75, 3.05) is 11.9 Å². The van der Waals surface area contributed by atoms with Crippen LogP contribution in [0.15, 0.2) is 12.1 Å². The minimum atomic E-state index is -1.15. The third kappa shape index (κ3) is 6.10. The SMILES string of the molecule is CC(C)(C)OC(=O)Nc1cc(Cl)c(OCC(=O)O)c(Cl)c1. The number of anilines is 1. The van der Waals surface area contributed by atoms with E-state index in [0.717, 1.165) is 0 Å². The average molecular weight is 336 g/mol. The molecule has 0 atom stereocenters. The van der Waals surface area contributed by atoms with E-state index in [1.165, 1.54) is 12.1 Å². The van der Waals surface area contributed by atoms with Crippen LogP contribution in [0.25, 0.3) is 0 Å². The van der Waals surface area contributed by atoms with E-state index in [1.54, 1.807) is 20.8 Å². The minimum absolute atomic E-state index is 0.0375. The second kappa shape index (κ2) is 6.87. The molecule has 0 aliphatic rings. The Bertz CT molecular complexity index is 531. The van der Waals surface area contributed by atoms with E-state index in [0.29, 0.717) is 5.69 Å². The summed E-state index contributed by atoms with van der Waals surface area (Å²) in [7, 11) is 0. The largest absolute Gasteiger partial charge is 0.479 e. The van der Waals surface area contributed by atoms with Crippen molar-refractivity contribution in [3.63, 3.8) is 0 Å². The molecule has 1 rings (SSSR count). The van der Waals surface area contributed by atoms with Crippen LogP contribution in [0.4, 0.5) is 10.5 Å². The van der Waals surface area contributed by atoms with Gasteiger partial charge >= 0.3 is 12.1 Å². The Labute approximate surface area is 131 Å². The van der Waals surface area contributed by atoms with E-state index in [1.807, 2.05) is 0 Å². The molecule has 116 valence electrons. The summed E-state index contributed by atoms with van der Waals surface area (Å²) in [4.78, 5) is 22.1. The smallest absolute Gasteiger partial charge is 0.412 e. The maximum absolute atomic E-state index is 11.6. The van der Waals surface area contributed by atoms with E-state index in [-0.39, 0.29) is 15.8 Å². The van der Waals surface area contributed by atoms with Crippen molar-refractivity contribution < 1.29 is 24.2 Å². The number of halogens is 2. The Morgan fingerprint density at radius 3 is 2.19 bits per heavy atom. The minimum Gasteiger partial charge on any atom is -0.479 e. The molecule has 1 aromatic rings. The maximum Gasteiger partial charge on any atom is 0.412 e. The molecule has 0 radical (unpaired) electrons. The number of hydrogen-bond donors (Lipinski definition) is 2. The molecule has 0 aliphatic carbocycles. The van der Waals surface area contributed by atoms with Gasteiger partial charge in [0.15, 0.2) is 12.4 Å². The van der Waals surface area contributed by atoms with Crippen molar-refractivity contribution in [3.8, 4) is 5.75 Å². The van der Waals surface area contributed by atoms with Crippen molar-refractivity contribution in [1.82, 2.24) is 0 Å². The summed E-state index contributed by atoms with van der Waals surface area (Å²) in [6, 6.07) is 2.77. The zero-order valence-corrected chi connectivity index (χ0v) is 13.2. The summed E-state index contributed by atoms with van der Waals surface area (Å²) >= 11 is 11.9. The van der Waals surface area contributed by atoms with Gasteiger partial charge in [-0.05, 0) is 32.9 Å². The van der Waals surface area contributed by atoms with Gasteiger partial charge in [-0.2, -0.15) is 0 Å². The van der Waals surface area contributed by atoms with E-state index in [2.05, 4.69) is 5.32 Å². The summed E-state index contributed by atoms with van der Waals surface area (Å²) in [6.07, 6.45) is -0.658. The van der Waals surface area contributed by atoms with Gasteiger partial charge in [0.1, 0.15) is 5.60 Å². The summed E-state index contributed by atoms with van der Waals surface area (Å²) in [5, 5.41) is 11.2. The highest BCUT2D eigenvalue weighted by Gasteiger charge is 2.18. The third-order valence-corrected chi connectivity index (χ3v) is 2.55. The number of carbonyl (C=O) groups excluding carboxylic acids is 1. The first kappa shape index (κ1) is 17.4. The molecular weight excluding hydrogens is 321 g/mol. The first-order valence-electron chi connectivity index (χ1n) is 5.92. The number of hydrogen-bond acceptors (Lipinski definition) is 4. The Morgan fingerprint density at radius 1 is 1.24 bits per heavy atom. The molecule has 0 fully saturated rings. The molecule has 0 unspecified atom stereocenters. The van der Waals surface area contributed by atoms with Crippen LogP contribution in [0.3, 0.4) is 0 Å². The molecule has 0 spiro atoms. The first-order valence-corrected chi connectivity index (χ1v) is 6.68. The fourth-order valence-electron chi connectivity index (χ4n) is 1.33. The second-order valence-electron chi connectivity index (χ2n) is 5.08. The van der Waals surface area contributed by atoms with Gasteiger partial charge in [0.25, 0.3) is 0 Å². The highest BCUT2D eigenvalue weighted by atomic mass is 35.5. The molecule has 0 bridgehead atoms. The first-order chi connectivity index (χ1) is 9.58. The Hall–Kier alpha value is -1.66. The Morgan fingerprint density at radius 2 is 1.76 bits per heavy atom. The molecule has 1 aromatic carbocycles. The molecule has 6 nitrogen and oxygen atoms in total. The number of benzene rings is 1. The number of amides is 1. The van der Waals surface area contributed by atoms with E-state index in [9.17, 15) is 9.59 Å². The van der Waals surface area contributed by atoms with Crippen LogP contribution >= 0.6 is 23.2 Å². The molecule has 0 saturated heterocycles. The second-order valence-corrected chi connectivity index (χ2v) is 5.89. The van der Waals surface area contributed by atoms with Crippen molar-refractivity contribution in [1.29, 1.82) is 0 Å². The maximum atomic E-state index is 11.6. The van der Waals surface area contributed by atoms with Gasteiger partial charge in [-0.25, -0.2) is 9.59 Å². The average Bonchev–Trinajstić information content (AvgIpc) is 2.24. The molecule has 2 N–H and O–H groups in total. The van der Waals surface area contributed by atoms with Gasteiger partial charge in [-0.1, -0.05) is 23.2 Å². The lowest BCUT2D eigenvalue weighted by Gasteiger charge is -2.20. The van der Waals surface area contributed by atoms with Crippen molar-refractivity contribution in [2.45, 2.75) is 26.4 Å². The van der Waals surface area contributed by atoms with Crippen molar-refractivity contribution in [3.05, 3.63) is 22.2 Å². The van der Waals surface area contributed by atoms with Crippen LogP contribution in [0.2, 0.25) is 10.0 Å². The van der Waals surface area contributed by atoms with Gasteiger partial charge in [0.05, 0.1) is 10.0 Å². The number of carboxylic acids is 1. The standard InChI is InChI=1S/C13H15Cl2NO5/c1-13(2,3)21-12(19)16-7-4-8(14)11(9(15)5-7)20-6-10(17)18/h4-5H,6H2,1-3H3,(H,16,19)(H,17,18). The lowest BCUT2D eigenvalue weighted by Crippen LogP contribution is -2.27. The van der Waals surface area contributed by atoms with Gasteiger partial charge < -0.3 is 14.6 Å². The highest BCUT2D eigenvalue weighted by molar-refractivity contribution is 6.37. The molecule has 8 heteroatoms. The fourth-order valence-corrected chi connectivity index (χ4v) is 1.92. The van der Waals surface area contributed by atoms with Crippen LogP contribution in [0.1, 0.15) is 20.8 Å². The lowest BCUT2D eigenvalue weighted by atomic mass is 10.2. The number of nitrogens with one attached hydrogen (secondary N) is 1. The fraction of sp³-hybridized carbons (Fsp3) is 0.385. The lowest BCUT2D eigenvalue weighted by molar-refractivity contribution is -0.139. The zero-order chi connectivity index (χ0) is 16.2. The Kier molecular flexibility index (Phi) is 5.69. The van der Waals surface area contributed by atoms with Crippen LogP contribution in [-0.4, -0.2) is 29.4 Å². The number of aliphatic carboxylic acids is 1. The topological polar surface area (TPSA) is 84.9 Å². The number of rotatable bonds is 4. The summed E-state index contributed by atoms with van der Waals surface area (Å²) < 4.78 is 10.0. The van der Waals surface area contributed by atoms with Crippen molar-refractivity contribution >= 4 is 41.0 Å². The number of ether oxygens (including phenoxy) is 2. The van der Waals surface area contributed by atoms with Gasteiger partial charge in [0.2, 0.25) is 0 Å². The summed E-state index contributed by atoms with van der Waals surface area (Å²) in [5.41, 5.74) is -0.329. The summed E-state index contributed by atoms with van der Waals surface area (Å²) in [5.74, 6) is -1.12. The molecule has 0 aromatic heterocycles. The third-order valence-electron chi connectivity index (χ3n) is 1.98. The Balaban J connectivity index is 2.83. The van der Waals surface area contributed by atoms with Crippen LogP contribution in [-0.2, 0) is 9.53 Å². The summed E-state index contributed by atoms with van der Waals surface area (Å²) in [6.45, 7) is 4.62. The van der Waals surface area contributed by atoms with E-state index >= 15 is 0 Å². The normalized spacial score (nSPS) is 10.9. The van der Waals surface area contributed by atoms with Gasteiger partial charge in [-0.3, -0.25) is 5.32 Å².